The Balaban J connectivity index is 2.68. The number of benzene rings is 2. The van der Waals surface area contributed by atoms with E-state index >= 15 is 0 Å². The number of carbonyl (C=O) groups excluding carboxylic acids is 1. The third kappa shape index (κ3) is 2.11. The summed E-state index contributed by atoms with van der Waals surface area (Å²) in [7, 11) is 0. The van der Waals surface area contributed by atoms with E-state index in [0.717, 1.165) is 18.2 Å². The molecule has 1 nitrogen and oxygen atoms in total. The van der Waals surface area contributed by atoms with Crippen molar-refractivity contribution in [2.24, 2.45) is 0 Å². The molecule has 5 heteroatoms. The molecule has 0 unspecified atom stereocenters. The number of aldehydes is 1. The molecule has 2 aromatic rings. The maximum absolute atomic E-state index is 13.7. The molecule has 92 valence electrons. The summed E-state index contributed by atoms with van der Waals surface area (Å²) in [6.45, 7) is 0. The van der Waals surface area contributed by atoms with E-state index in [0.29, 0.717) is 6.29 Å². The predicted octanol–water partition coefficient (Wildman–Crippen LogP) is 4.24. The lowest BCUT2D eigenvalue weighted by atomic mass is 10.0. The van der Waals surface area contributed by atoms with E-state index in [9.17, 15) is 18.0 Å². The van der Waals surface area contributed by atoms with E-state index in [1.807, 2.05) is 0 Å². The van der Waals surface area contributed by atoms with Crippen molar-refractivity contribution >= 4 is 17.9 Å². The Morgan fingerprint density at radius 3 is 2.39 bits per heavy atom. The van der Waals surface area contributed by atoms with Crippen LogP contribution in [0.3, 0.4) is 0 Å². The van der Waals surface area contributed by atoms with Crippen LogP contribution in [0.5, 0.6) is 0 Å². The molecule has 0 saturated heterocycles. The van der Waals surface area contributed by atoms with Gasteiger partial charge >= 0.3 is 0 Å². The zero-order chi connectivity index (χ0) is 13.3. The summed E-state index contributed by atoms with van der Waals surface area (Å²) in [5.41, 5.74) is -0.482. The molecule has 2 aromatic carbocycles. The van der Waals surface area contributed by atoms with Gasteiger partial charge in [0, 0.05) is 16.7 Å². The fourth-order valence-corrected chi connectivity index (χ4v) is 1.78. The van der Waals surface area contributed by atoms with Gasteiger partial charge in [0.1, 0.15) is 5.82 Å². The lowest BCUT2D eigenvalue weighted by Crippen LogP contribution is -1.94. The van der Waals surface area contributed by atoms with Crippen LogP contribution in [0.25, 0.3) is 11.1 Å². The largest absolute Gasteiger partial charge is 0.298 e. The minimum atomic E-state index is -1.16. The summed E-state index contributed by atoms with van der Waals surface area (Å²) in [6, 6.07) is 5.40. The first-order valence-electron chi connectivity index (χ1n) is 4.93. The first kappa shape index (κ1) is 12.6. The van der Waals surface area contributed by atoms with E-state index in [-0.39, 0.29) is 21.7 Å². The molecule has 0 atom stereocenters. The summed E-state index contributed by atoms with van der Waals surface area (Å²) in [4.78, 5) is 10.6. The Bertz CT molecular complexity index is 626. The Kier molecular flexibility index (Phi) is 3.39. The normalized spacial score (nSPS) is 10.4. The number of rotatable bonds is 2. The van der Waals surface area contributed by atoms with Crippen molar-refractivity contribution < 1.29 is 18.0 Å². The molecule has 0 aliphatic carbocycles. The maximum atomic E-state index is 13.7. The van der Waals surface area contributed by atoms with E-state index < -0.39 is 17.5 Å². The second-order valence-corrected chi connectivity index (χ2v) is 3.98. The topological polar surface area (TPSA) is 17.1 Å². The quantitative estimate of drug-likeness (QED) is 0.746. The average Bonchev–Trinajstić information content (AvgIpc) is 2.35. The Labute approximate surface area is 106 Å². The summed E-state index contributed by atoms with van der Waals surface area (Å²) < 4.78 is 40.3. The Morgan fingerprint density at radius 1 is 1.00 bits per heavy atom. The van der Waals surface area contributed by atoms with Gasteiger partial charge in [0.25, 0.3) is 0 Å². The molecule has 0 radical (unpaired) electrons. The van der Waals surface area contributed by atoms with Crippen molar-refractivity contribution in [1.29, 1.82) is 0 Å². The smallest absolute Gasteiger partial charge is 0.166 e. The zero-order valence-corrected chi connectivity index (χ0v) is 9.64. The number of carbonyl (C=O) groups is 1. The predicted molar refractivity (Wildman–Crippen MR) is 62.1 cm³/mol. The van der Waals surface area contributed by atoms with Crippen LogP contribution in [0.4, 0.5) is 13.2 Å². The van der Waals surface area contributed by atoms with Crippen LogP contribution in [0.15, 0.2) is 30.3 Å². The standard InChI is InChI=1S/C13H6ClF3O/c14-10-5-9(12(16)4-7(10)6-18)8-2-1-3-11(15)13(8)17/h1-6H. The highest BCUT2D eigenvalue weighted by Gasteiger charge is 2.15. The van der Waals surface area contributed by atoms with Gasteiger partial charge in [0.05, 0.1) is 5.02 Å². The fourth-order valence-electron chi connectivity index (χ4n) is 1.57. The van der Waals surface area contributed by atoms with Crippen LogP contribution < -0.4 is 0 Å². The third-order valence-electron chi connectivity index (χ3n) is 2.46. The van der Waals surface area contributed by atoms with Crippen LogP contribution in [0.2, 0.25) is 5.02 Å². The zero-order valence-electron chi connectivity index (χ0n) is 8.88. The average molecular weight is 271 g/mol. The van der Waals surface area contributed by atoms with Gasteiger partial charge in [-0.1, -0.05) is 23.7 Å². The minimum absolute atomic E-state index is 0.0231. The van der Waals surface area contributed by atoms with Gasteiger partial charge in [-0.25, -0.2) is 13.2 Å². The van der Waals surface area contributed by atoms with E-state index in [1.165, 1.54) is 12.1 Å². The van der Waals surface area contributed by atoms with Gasteiger partial charge in [0.15, 0.2) is 17.9 Å². The van der Waals surface area contributed by atoms with Crippen molar-refractivity contribution in [3.05, 3.63) is 58.4 Å². The monoisotopic (exact) mass is 270 g/mol. The van der Waals surface area contributed by atoms with Gasteiger partial charge in [-0.15, -0.1) is 0 Å². The summed E-state index contributed by atoms with van der Waals surface area (Å²) in [6.07, 6.45) is 0.386. The van der Waals surface area contributed by atoms with E-state index in [1.54, 1.807) is 0 Å². The molecular formula is C13H6ClF3O. The molecule has 0 aliphatic heterocycles. The highest BCUT2D eigenvalue weighted by Crippen LogP contribution is 2.30. The molecule has 0 saturated carbocycles. The molecule has 0 spiro atoms. The third-order valence-corrected chi connectivity index (χ3v) is 2.78. The number of halogens is 4. The van der Waals surface area contributed by atoms with E-state index in [2.05, 4.69) is 0 Å². The Hall–Kier alpha value is -1.81. The number of hydrogen-bond acceptors (Lipinski definition) is 1. The van der Waals surface area contributed by atoms with Crippen molar-refractivity contribution in [3.63, 3.8) is 0 Å². The molecule has 0 amide bonds. The summed E-state index contributed by atoms with van der Waals surface area (Å²) in [5, 5.41) is -0.0231. The summed E-state index contributed by atoms with van der Waals surface area (Å²) in [5.74, 6) is -3.08. The van der Waals surface area contributed by atoms with E-state index in [4.69, 9.17) is 11.6 Å². The molecule has 2 rings (SSSR count). The molecule has 18 heavy (non-hydrogen) atoms. The van der Waals surface area contributed by atoms with Crippen LogP contribution >= 0.6 is 11.6 Å². The fraction of sp³-hybridized carbons (Fsp3) is 0. The van der Waals surface area contributed by atoms with Crippen LogP contribution in [-0.2, 0) is 0 Å². The van der Waals surface area contributed by atoms with Crippen LogP contribution in [0.1, 0.15) is 10.4 Å². The lowest BCUT2D eigenvalue weighted by Gasteiger charge is -2.07. The molecule has 0 N–H and O–H groups in total. The SMILES string of the molecule is O=Cc1cc(F)c(-c2cccc(F)c2F)cc1Cl. The molecule has 0 aromatic heterocycles. The van der Waals surface area contributed by atoms with Gasteiger partial charge in [-0.05, 0) is 18.2 Å². The highest BCUT2D eigenvalue weighted by molar-refractivity contribution is 6.33. The first-order valence-corrected chi connectivity index (χ1v) is 5.31. The van der Waals surface area contributed by atoms with Crippen LogP contribution in [-0.4, -0.2) is 6.29 Å². The van der Waals surface area contributed by atoms with Crippen molar-refractivity contribution in [2.75, 3.05) is 0 Å². The summed E-state index contributed by atoms with van der Waals surface area (Å²) >= 11 is 5.73. The van der Waals surface area contributed by atoms with Crippen molar-refractivity contribution in [1.82, 2.24) is 0 Å². The molecule has 0 bridgehead atoms. The Morgan fingerprint density at radius 2 is 1.72 bits per heavy atom. The van der Waals surface area contributed by atoms with Crippen molar-refractivity contribution in [2.45, 2.75) is 0 Å². The van der Waals surface area contributed by atoms with Gasteiger partial charge in [0.2, 0.25) is 0 Å². The van der Waals surface area contributed by atoms with Gasteiger partial charge in [-0.3, -0.25) is 4.79 Å². The van der Waals surface area contributed by atoms with Gasteiger partial charge in [-0.2, -0.15) is 0 Å². The van der Waals surface area contributed by atoms with Crippen molar-refractivity contribution in [3.8, 4) is 11.1 Å². The number of hydrogen-bond donors (Lipinski definition) is 0. The molecule has 0 fully saturated rings. The first-order chi connectivity index (χ1) is 8.54. The minimum Gasteiger partial charge on any atom is -0.298 e. The van der Waals surface area contributed by atoms with Crippen LogP contribution in [0, 0.1) is 17.5 Å². The molecular weight excluding hydrogens is 265 g/mol. The van der Waals surface area contributed by atoms with Gasteiger partial charge < -0.3 is 0 Å². The molecule has 0 heterocycles. The highest BCUT2D eigenvalue weighted by atomic mass is 35.5. The second kappa shape index (κ2) is 4.82. The maximum Gasteiger partial charge on any atom is 0.166 e. The second-order valence-electron chi connectivity index (χ2n) is 3.57. The molecule has 0 aliphatic rings. The lowest BCUT2D eigenvalue weighted by molar-refractivity contribution is 0.112.